The van der Waals surface area contributed by atoms with Crippen LogP contribution in [0.15, 0.2) is 12.7 Å². The summed E-state index contributed by atoms with van der Waals surface area (Å²) >= 11 is 4.88. The highest BCUT2D eigenvalue weighted by Gasteiger charge is 1.89. The molecular weight excluding hydrogens is 172 g/mol. The van der Waals surface area contributed by atoms with Crippen molar-refractivity contribution in [3.05, 3.63) is 12.7 Å². The van der Waals surface area contributed by atoms with Gasteiger partial charge in [-0.05, 0) is 18.6 Å². The van der Waals surface area contributed by atoms with Crippen molar-refractivity contribution in [2.24, 2.45) is 0 Å². The van der Waals surface area contributed by atoms with E-state index in [4.69, 9.17) is 17.0 Å². The Morgan fingerprint density at radius 1 is 1.67 bits per heavy atom. The molecule has 2 N–H and O–H groups in total. The minimum Gasteiger partial charge on any atom is -0.377 e. The number of hydrogen-bond acceptors (Lipinski definition) is 2. The Bertz CT molecular complexity index is 139. The van der Waals surface area contributed by atoms with Gasteiger partial charge in [-0.1, -0.05) is 6.08 Å². The Morgan fingerprint density at radius 3 is 3.00 bits per heavy atom. The maximum Gasteiger partial charge on any atom is 0.166 e. The minimum atomic E-state index is 0.622. The lowest BCUT2D eigenvalue weighted by molar-refractivity contribution is 0.160. The lowest BCUT2D eigenvalue weighted by atomic mass is 10.4. The molecule has 0 heterocycles. The van der Waals surface area contributed by atoms with Crippen molar-refractivity contribution in [3.63, 3.8) is 0 Å². The zero-order chi connectivity index (χ0) is 9.23. The van der Waals surface area contributed by atoms with Gasteiger partial charge in [-0.15, -0.1) is 6.58 Å². The normalized spacial score (nSPS) is 9.08. The molecule has 0 aliphatic rings. The van der Waals surface area contributed by atoms with Crippen molar-refractivity contribution in [1.29, 1.82) is 0 Å². The van der Waals surface area contributed by atoms with E-state index in [1.807, 2.05) is 0 Å². The quantitative estimate of drug-likeness (QED) is 0.365. The van der Waals surface area contributed by atoms with Gasteiger partial charge in [0.1, 0.15) is 0 Å². The Kier molecular flexibility index (Phi) is 8.05. The SMILES string of the molecule is C=CCOCCCNC(=S)NC. The van der Waals surface area contributed by atoms with Crippen molar-refractivity contribution in [3.8, 4) is 0 Å². The summed E-state index contributed by atoms with van der Waals surface area (Å²) in [5.41, 5.74) is 0. The van der Waals surface area contributed by atoms with Crippen LogP contribution in [-0.4, -0.2) is 31.9 Å². The average Bonchev–Trinajstić information content (AvgIpc) is 2.10. The first-order chi connectivity index (χ1) is 5.81. The summed E-state index contributed by atoms with van der Waals surface area (Å²) in [6.07, 6.45) is 2.70. The lowest BCUT2D eigenvalue weighted by Crippen LogP contribution is -2.33. The monoisotopic (exact) mass is 188 g/mol. The summed E-state index contributed by atoms with van der Waals surface area (Å²) in [5.74, 6) is 0. The van der Waals surface area contributed by atoms with Gasteiger partial charge in [0, 0.05) is 20.2 Å². The zero-order valence-electron chi connectivity index (χ0n) is 7.43. The molecule has 0 saturated carbocycles. The maximum atomic E-state index is 5.18. The fraction of sp³-hybridized carbons (Fsp3) is 0.625. The molecule has 12 heavy (non-hydrogen) atoms. The molecule has 0 spiro atoms. The molecular formula is C8H16N2OS. The number of hydrogen-bond donors (Lipinski definition) is 2. The second-order valence-electron chi connectivity index (χ2n) is 2.22. The highest BCUT2D eigenvalue weighted by Crippen LogP contribution is 1.81. The van der Waals surface area contributed by atoms with Crippen LogP contribution in [-0.2, 0) is 4.74 Å². The predicted molar refractivity (Wildman–Crippen MR) is 55.3 cm³/mol. The van der Waals surface area contributed by atoms with E-state index >= 15 is 0 Å². The van der Waals surface area contributed by atoms with E-state index < -0.39 is 0 Å². The second kappa shape index (κ2) is 8.49. The van der Waals surface area contributed by atoms with Crippen molar-refractivity contribution >= 4 is 17.3 Å². The van der Waals surface area contributed by atoms with Crippen molar-refractivity contribution in [2.45, 2.75) is 6.42 Å². The maximum absolute atomic E-state index is 5.18. The second-order valence-corrected chi connectivity index (χ2v) is 2.63. The first kappa shape index (κ1) is 11.4. The molecule has 0 aliphatic heterocycles. The van der Waals surface area contributed by atoms with Crippen LogP contribution in [0.3, 0.4) is 0 Å². The Hall–Kier alpha value is -0.610. The van der Waals surface area contributed by atoms with Crippen LogP contribution in [0.25, 0.3) is 0 Å². The largest absolute Gasteiger partial charge is 0.377 e. The van der Waals surface area contributed by atoms with Gasteiger partial charge in [-0.2, -0.15) is 0 Å². The van der Waals surface area contributed by atoms with Gasteiger partial charge < -0.3 is 15.4 Å². The fourth-order valence-corrected chi connectivity index (χ4v) is 0.733. The first-order valence-electron chi connectivity index (χ1n) is 3.95. The molecule has 0 fully saturated rings. The van der Waals surface area contributed by atoms with E-state index in [2.05, 4.69) is 17.2 Å². The van der Waals surface area contributed by atoms with Gasteiger partial charge in [0.25, 0.3) is 0 Å². The van der Waals surface area contributed by atoms with Crippen LogP contribution in [0.1, 0.15) is 6.42 Å². The third kappa shape index (κ3) is 7.50. The average molecular weight is 188 g/mol. The number of nitrogens with one attached hydrogen (secondary N) is 2. The molecule has 0 rings (SSSR count). The van der Waals surface area contributed by atoms with E-state index in [-0.39, 0.29) is 0 Å². The number of ether oxygens (including phenoxy) is 1. The summed E-state index contributed by atoms with van der Waals surface area (Å²) in [5, 5.41) is 6.53. The molecule has 0 aliphatic carbocycles. The molecule has 0 amide bonds. The van der Waals surface area contributed by atoms with Crippen LogP contribution in [0, 0.1) is 0 Å². The summed E-state index contributed by atoms with van der Waals surface area (Å²) < 4.78 is 5.18. The standard InChI is InChI=1S/C8H16N2OS/c1-3-6-11-7-4-5-10-8(12)9-2/h3H,1,4-7H2,2H3,(H2,9,10,12). The van der Waals surface area contributed by atoms with E-state index in [0.29, 0.717) is 11.7 Å². The summed E-state index contributed by atoms with van der Waals surface area (Å²) in [6, 6.07) is 0. The molecule has 3 nitrogen and oxygen atoms in total. The van der Waals surface area contributed by atoms with Gasteiger partial charge in [-0.3, -0.25) is 0 Å². The Labute approximate surface area is 79.2 Å². The third-order valence-electron chi connectivity index (χ3n) is 1.21. The van der Waals surface area contributed by atoms with Crippen LogP contribution in [0.2, 0.25) is 0 Å². The lowest BCUT2D eigenvalue weighted by Gasteiger charge is -2.06. The van der Waals surface area contributed by atoms with Crippen LogP contribution < -0.4 is 10.6 Å². The topological polar surface area (TPSA) is 33.3 Å². The highest BCUT2D eigenvalue weighted by molar-refractivity contribution is 7.80. The number of thiocarbonyl (C=S) groups is 1. The molecule has 0 saturated heterocycles. The zero-order valence-corrected chi connectivity index (χ0v) is 8.25. The molecule has 0 aromatic heterocycles. The fourth-order valence-electron chi connectivity index (χ4n) is 0.631. The molecule has 0 radical (unpaired) electrons. The van der Waals surface area contributed by atoms with Gasteiger partial charge in [0.05, 0.1) is 6.61 Å². The van der Waals surface area contributed by atoms with Crippen molar-refractivity contribution in [1.82, 2.24) is 10.6 Å². The molecule has 70 valence electrons. The van der Waals surface area contributed by atoms with Crippen LogP contribution in [0.5, 0.6) is 0 Å². The molecule has 0 aromatic carbocycles. The highest BCUT2D eigenvalue weighted by atomic mass is 32.1. The summed E-state index contributed by atoms with van der Waals surface area (Å²) in [7, 11) is 1.80. The van der Waals surface area contributed by atoms with Gasteiger partial charge >= 0.3 is 0 Å². The minimum absolute atomic E-state index is 0.622. The van der Waals surface area contributed by atoms with Gasteiger partial charge in [-0.25, -0.2) is 0 Å². The molecule has 0 bridgehead atoms. The van der Waals surface area contributed by atoms with Crippen LogP contribution >= 0.6 is 12.2 Å². The van der Waals surface area contributed by atoms with E-state index in [1.54, 1.807) is 13.1 Å². The summed E-state index contributed by atoms with van der Waals surface area (Å²) in [6.45, 7) is 5.76. The van der Waals surface area contributed by atoms with Gasteiger partial charge in [0.2, 0.25) is 0 Å². The number of rotatable bonds is 6. The van der Waals surface area contributed by atoms with Crippen LogP contribution in [0.4, 0.5) is 0 Å². The van der Waals surface area contributed by atoms with Crippen molar-refractivity contribution < 1.29 is 4.74 Å². The Morgan fingerprint density at radius 2 is 2.42 bits per heavy atom. The summed E-state index contributed by atoms with van der Waals surface area (Å²) in [4.78, 5) is 0. The van der Waals surface area contributed by atoms with E-state index in [1.165, 1.54) is 0 Å². The first-order valence-corrected chi connectivity index (χ1v) is 4.36. The van der Waals surface area contributed by atoms with E-state index in [9.17, 15) is 0 Å². The molecule has 4 heteroatoms. The smallest absolute Gasteiger partial charge is 0.166 e. The molecule has 0 atom stereocenters. The van der Waals surface area contributed by atoms with Crippen molar-refractivity contribution in [2.75, 3.05) is 26.8 Å². The van der Waals surface area contributed by atoms with E-state index in [0.717, 1.165) is 19.6 Å². The van der Waals surface area contributed by atoms with Gasteiger partial charge in [0.15, 0.2) is 5.11 Å². The third-order valence-corrected chi connectivity index (χ3v) is 1.56. The Balaban J connectivity index is 3.00. The predicted octanol–water partition coefficient (Wildman–Crippen LogP) is 0.673. The molecule has 0 unspecified atom stereocenters. The molecule has 0 aromatic rings.